The molecule has 0 aliphatic heterocycles. The van der Waals surface area contributed by atoms with Gasteiger partial charge in [-0.3, -0.25) is 9.59 Å². The predicted octanol–water partition coefficient (Wildman–Crippen LogP) is 4.64. The highest BCUT2D eigenvalue weighted by molar-refractivity contribution is 6.04. The summed E-state index contributed by atoms with van der Waals surface area (Å²) in [6.45, 7) is 8.18. The molecule has 2 atom stereocenters. The number of carbonyl (C=O) groups is 2. The lowest BCUT2D eigenvalue weighted by Gasteiger charge is -2.14. The van der Waals surface area contributed by atoms with Crippen molar-refractivity contribution in [2.75, 3.05) is 10.6 Å². The average molecular weight is 364 g/mol. The quantitative estimate of drug-likeness (QED) is 0.784. The van der Waals surface area contributed by atoms with Crippen molar-refractivity contribution < 1.29 is 9.59 Å². The lowest BCUT2D eigenvalue weighted by atomic mass is 10.0. The van der Waals surface area contributed by atoms with Crippen molar-refractivity contribution in [3.63, 3.8) is 0 Å². The second kappa shape index (κ2) is 7.95. The molecule has 3 rings (SSSR count). The van der Waals surface area contributed by atoms with Gasteiger partial charge in [0.15, 0.2) is 0 Å². The lowest BCUT2D eigenvalue weighted by molar-refractivity contribution is -0.122. The molecule has 4 nitrogen and oxygen atoms in total. The number of benzene rings is 2. The molecule has 0 aromatic heterocycles. The van der Waals surface area contributed by atoms with E-state index in [1.54, 1.807) is 0 Å². The van der Waals surface area contributed by atoms with Crippen LogP contribution in [0.5, 0.6) is 0 Å². The second-order valence-corrected chi connectivity index (χ2v) is 7.40. The Morgan fingerprint density at radius 3 is 2.07 bits per heavy atom. The second-order valence-electron chi connectivity index (χ2n) is 7.40. The first-order valence-electron chi connectivity index (χ1n) is 9.74. The van der Waals surface area contributed by atoms with E-state index in [2.05, 4.69) is 24.5 Å². The number of para-hydroxylation sites is 1. The summed E-state index contributed by atoms with van der Waals surface area (Å²) in [5, 5.41) is 6.07. The molecular weight excluding hydrogens is 336 g/mol. The molecule has 142 valence electrons. The maximum atomic E-state index is 12.7. The van der Waals surface area contributed by atoms with E-state index in [0.717, 1.165) is 46.5 Å². The standard InChI is InChI=1S/C23H28N2O2/c1-5-16-8-7-9-17(6-2)21(16)25-23(27)19-13-18(19)22(26)24-20-11-10-14(3)12-15(20)4/h7-12,18-19H,5-6,13H2,1-4H3,(H,24,26)(H,25,27). The van der Waals surface area contributed by atoms with Gasteiger partial charge in [-0.1, -0.05) is 49.7 Å². The van der Waals surface area contributed by atoms with Crippen LogP contribution in [0.2, 0.25) is 0 Å². The largest absolute Gasteiger partial charge is 0.326 e. The number of anilines is 2. The maximum absolute atomic E-state index is 12.7. The fourth-order valence-electron chi connectivity index (χ4n) is 3.57. The summed E-state index contributed by atoms with van der Waals surface area (Å²) in [6.07, 6.45) is 2.34. The molecule has 4 heteroatoms. The molecule has 2 unspecified atom stereocenters. The zero-order chi connectivity index (χ0) is 19.6. The molecule has 2 amide bonds. The molecule has 0 bridgehead atoms. The van der Waals surface area contributed by atoms with Crippen LogP contribution in [0.15, 0.2) is 36.4 Å². The third-order valence-corrected chi connectivity index (χ3v) is 5.35. The molecule has 0 saturated heterocycles. The van der Waals surface area contributed by atoms with Gasteiger partial charge in [0.25, 0.3) is 0 Å². The first-order chi connectivity index (χ1) is 12.9. The summed E-state index contributed by atoms with van der Waals surface area (Å²) in [6, 6.07) is 12.1. The molecule has 2 aromatic rings. The molecule has 0 spiro atoms. The first kappa shape index (κ1) is 19.2. The SMILES string of the molecule is CCc1cccc(CC)c1NC(=O)C1CC1C(=O)Nc1ccc(C)cc1C. The minimum Gasteiger partial charge on any atom is -0.326 e. The van der Waals surface area contributed by atoms with Crippen LogP contribution >= 0.6 is 0 Å². The Balaban J connectivity index is 1.65. The van der Waals surface area contributed by atoms with Crippen LogP contribution in [0.4, 0.5) is 11.4 Å². The zero-order valence-electron chi connectivity index (χ0n) is 16.6. The number of hydrogen-bond acceptors (Lipinski definition) is 2. The van der Waals surface area contributed by atoms with Gasteiger partial charge in [-0.25, -0.2) is 0 Å². The van der Waals surface area contributed by atoms with E-state index in [1.807, 2.05) is 50.2 Å². The number of aryl methyl sites for hydroxylation is 4. The number of hydrogen-bond donors (Lipinski definition) is 2. The Bertz CT molecular complexity index is 850. The average Bonchev–Trinajstić information content (AvgIpc) is 3.45. The topological polar surface area (TPSA) is 58.2 Å². The number of amides is 2. The third-order valence-electron chi connectivity index (χ3n) is 5.35. The summed E-state index contributed by atoms with van der Waals surface area (Å²) in [5.74, 6) is -0.608. The van der Waals surface area contributed by atoms with Gasteiger partial charge in [0.1, 0.15) is 0 Å². The van der Waals surface area contributed by atoms with Gasteiger partial charge in [0.2, 0.25) is 11.8 Å². The Kier molecular flexibility index (Phi) is 5.64. The summed E-state index contributed by atoms with van der Waals surface area (Å²) in [7, 11) is 0. The smallest absolute Gasteiger partial charge is 0.228 e. The highest BCUT2D eigenvalue weighted by Gasteiger charge is 2.48. The van der Waals surface area contributed by atoms with Gasteiger partial charge in [0.05, 0.1) is 11.8 Å². The van der Waals surface area contributed by atoms with E-state index in [-0.39, 0.29) is 23.7 Å². The Morgan fingerprint density at radius 1 is 0.926 bits per heavy atom. The summed E-state index contributed by atoms with van der Waals surface area (Å²) < 4.78 is 0. The predicted molar refractivity (Wildman–Crippen MR) is 110 cm³/mol. The Labute approximate surface area is 161 Å². The summed E-state index contributed by atoms with van der Waals surface area (Å²) in [5.41, 5.74) is 6.22. The van der Waals surface area contributed by atoms with Crippen molar-refractivity contribution in [3.8, 4) is 0 Å². The summed E-state index contributed by atoms with van der Waals surface area (Å²) in [4.78, 5) is 25.2. The molecule has 2 N–H and O–H groups in total. The van der Waals surface area contributed by atoms with Crippen LogP contribution < -0.4 is 10.6 Å². The third kappa shape index (κ3) is 4.21. The minimum atomic E-state index is -0.246. The van der Waals surface area contributed by atoms with E-state index >= 15 is 0 Å². The van der Waals surface area contributed by atoms with Crippen molar-refractivity contribution in [2.45, 2.75) is 47.0 Å². The van der Waals surface area contributed by atoms with E-state index in [1.165, 1.54) is 0 Å². The highest BCUT2D eigenvalue weighted by atomic mass is 16.2. The lowest BCUT2D eigenvalue weighted by Crippen LogP contribution is -2.22. The molecular formula is C23H28N2O2. The first-order valence-corrected chi connectivity index (χ1v) is 9.74. The van der Waals surface area contributed by atoms with Gasteiger partial charge >= 0.3 is 0 Å². The molecule has 2 aromatic carbocycles. The highest BCUT2D eigenvalue weighted by Crippen LogP contribution is 2.41. The zero-order valence-corrected chi connectivity index (χ0v) is 16.6. The number of carbonyl (C=O) groups excluding carboxylic acids is 2. The van der Waals surface area contributed by atoms with Gasteiger partial charge in [-0.15, -0.1) is 0 Å². The van der Waals surface area contributed by atoms with Crippen molar-refractivity contribution in [3.05, 3.63) is 58.7 Å². The van der Waals surface area contributed by atoms with Gasteiger partial charge in [-0.2, -0.15) is 0 Å². The molecule has 27 heavy (non-hydrogen) atoms. The van der Waals surface area contributed by atoms with Crippen LogP contribution in [0.1, 0.15) is 42.5 Å². The van der Waals surface area contributed by atoms with Crippen molar-refractivity contribution >= 4 is 23.2 Å². The van der Waals surface area contributed by atoms with Gasteiger partial charge < -0.3 is 10.6 Å². The Morgan fingerprint density at radius 2 is 1.52 bits per heavy atom. The van der Waals surface area contributed by atoms with Gasteiger partial charge in [0, 0.05) is 11.4 Å². The van der Waals surface area contributed by atoms with E-state index in [4.69, 9.17) is 0 Å². The van der Waals surface area contributed by atoms with Crippen LogP contribution in [-0.4, -0.2) is 11.8 Å². The molecule has 1 aliphatic rings. The van der Waals surface area contributed by atoms with Crippen molar-refractivity contribution in [1.29, 1.82) is 0 Å². The van der Waals surface area contributed by atoms with E-state index in [0.29, 0.717) is 6.42 Å². The number of nitrogens with one attached hydrogen (secondary N) is 2. The molecule has 0 heterocycles. The van der Waals surface area contributed by atoms with Crippen LogP contribution in [0, 0.1) is 25.7 Å². The monoisotopic (exact) mass is 364 g/mol. The molecule has 0 radical (unpaired) electrons. The van der Waals surface area contributed by atoms with E-state index < -0.39 is 0 Å². The molecule has 1 fully saturated rings. The normalized spacial score (nSPS) is 18.1. The van der Waals surface area contributed by atoms with E-state index in [9.17, 15) is 9.59 Å². The van der Waals surface area contributed by atoms with Crippen LogP contribution in [0.25, 0.3) is 0 Å². The molecule has 1 saturated carbocycles. The number of rotatable bonds is 6. The van der Waals surface area contributed by atoms with Gasteiger partial charge in [-0.05, 0) is 55.9 Å². The minimum absolute atomic E-state index is 0.0496. The maximum Gasteiger partial charge on any atom is 0.228 e. The fraction of sp³-hybridized carbons (Fsp3) is 0.391. The Hall–Kier alpha value is -2.62. The summed E-state index contributed by atoms with van der Waals surface area (Å²) >= 11 is 0. The van der Waals surface area contributed by atoms with Crippen LogP contribution in [-0.2, 0) is 22.4 Å². The fourth-order valence-corrected chi connectivity index (χ4v) is 3.57. The molecule has 1 aliphatic carbocycles. The van der Waals surface area contributed by atoms with Crippen molar-refractivity contribution in [2.24, 2.45) is 11.8 Å². The van der Waals surface area contributed by atoms with Crippen molar-refractivity contribution in [1.82, 2.24) is 0 Å². The van der Waals surface area contributed by atoms with Crippen LogP contribution in [0.3, 0.4) is 0 Å².